The standard InChI is InChI=1S/C15H13N5/c1-16-13-4-2-3-11(7-13)15-19-6-5-14(20-15)12-8-17-10-18-9-12/h2-10,16H,1H3. The van der Waals surface area contributed by atoms with Crippen molar-refractivity contribution in [1.29, 1.82) is 0 Å². The van der Waals surface area contributed by atoms with Crippen molar-refractivity contribution in [2.75, 3.05) is 12.4 Å². The van der Waals surface area contributed by atoms with Gasteiger partial charge in [0, 0.05) is 42.5 Å². The molecule has 0 aliphatic rings. The van der Waals surface area contributed by atoms with Crippen LogP contribution in [0, 0.1) is 0 Å². The van der Waals surface area contributed by atoms with Crippen LogP contribution in [0.15, 0.2) is 55.2 Å². The predicted octanol–water partition coefficient (Wildman–Crippen LogP) is 2.64. The van der Waals surface area contributed by atoms with Gasteiger partial charge in [-0.2, -0.15) is 0 Å². The Morgan fingerprint density at radius 2 is 1.85 bits per heavy atom. The van der Waals surface area contributed by atoms with Crippen molar-refractivity contribution in [3.63, 3.8) is 0 Å². The van der Waals surface area contributed by atoms with Crippen LogP contribution in [0.25, 0.3) is 22.6 Å². The third-order valence-electron chi connectivity index (χ3n) is 2.92. The highest BCUT2D eigenvalue weighted by Gasteiger charge is 2.05. The molecule has 0 aliphatic carbocycles. The smallest absolute Gasteiger partial charge is 0.159 e. The quantitative estimate of drug-likeness (QED) is 0.787. The molecule has 3 rings (SSSR count). The molecule has 0 bridgehead atoms. The first-order valence-corrected chi connectivity index (χ1v) is 6.23. The van der Waals surface area contributed by atoms with Gasteiger partial charge in [0.05, 0.1) is 5.69 Å². The maximum atomic E-state index is 4.57. The van der Waals surface area contributed by atoms with Gasteiger partial charge in [0.15, 0.2) is 5.82 Å². The molecule has 0 spiro atoms. The molecule has 0 fully saturated rings. The number of anilines is 1. The summed E-state index contributed by atoms with van der Waals surface area (Å²) in [5, 5.41) is 3.11. The molecule has 2 heterocycles. The molecule has 98 valence electrons. The lowest BCUT2D eigenvalue weighted by molar-refractivity contribution is 1.14. The van der Waals surface area contributed by atoms with E-state index in [1.807, 2.05) is 37.4 Å². The number of hydrogen-bond acceptors (Lipinski definition) is 5. The fourth-order valence-corrected chi connectivity index (χ4v) is 1.90. The Bertz CT molecular complexity index is 712. The first-order chi connectivity index (χ1) is 9.86. The lowest BCUT2D eigenvalue weighted by Crippen LogP contribution is -1.94. The van der Waals surface area contributed by atoms with E-state index in [1.165, 1.54) is 6.33 Å². The zero-order valence-corrected chi connectivity index (χ0v) is 11.0. The van der Waals surface area contributed by atoms with Crippen LogP contribution in [0.4, 0.5) is 5.69 Å². The van der Waals surface area contributed by atoms with Gasteiger partial charge in [0.25, 0.3) is 0 Å². The Kier molecular flexibility index (Phi) is 3.33. The molecule has 5 heteroatoms. The summed E-state index contributed by atoms with van der Waals surface area (Å²) in [6.45, 7) is 0. The van der Waals surface area contributed by atoms with Gasteiger partial charge >= 0.3 is 0 Å². The Balaban J connectivity index is 2.03. The van der Waals surface area contributed by atoms with E-state index in [0.29, 0.717) is 5.82 Å². The lowest BCUT2D eigenvalue weighted by atomic mass is 10.1. The van der Waals surface area contributed by atoms with Gasteiger partial charge in [-0.15, -0.1) is 0 Å². The average molecular weight is 263 g/mol. The number of aromatic nitrogens is 4. The second-order valence-electron chi connectivity index (χ2n) is 4.22. The molecular weight excluding hydrogens is 250 g/mol. The van der Waals surface area contributed by atoms with E-state index in [-0.39, 0.29) is 0 Å². The van der Waals surface area contributed by atoms with Crippen LogP contribution in [0.1, 0.15) is 0 Å². The highest BCUT2D eigenvalue weighted by Crippen LogP contribution is 2.21. The normalized spacial score (nSPS) is 10.2. The molecule has 0 unspecified atom stereocenters. The predicted molar refractivity (Wildman–Crippen MR) is 78.0 cm³/mol. The number of rotatable bonds is 3. The molecule has 20 heavy (non-hydrogen) atoms. The van der Waals surface area contributed by atoms with Gasteiger partial charge in [-0.1, -0.05) is 12.1 Å². The van der Waals surface area contributed by atoms with Crippen molar-refractivity contribution in [3.8, 4) is 22.6 Å². The van der Waals surface area contributed by atoms with E-state index in [0.717, 1.165) is 22.5 Å². The molecule has 3 aromatic rings. The van der Waals surface area contributed by atoms with Crippen molar-refractivity contribution in [2.45, 2.75) is 0 Å². The van der Waals surface area contributed by atoms with Gasteiger partial charge in [0.2, 0.25) is 0 Å². The lowest BCUT2D eigenvalue weighted by Gasteiger charge is -2.05. The average Bonchev–Trinajstić information content (AvgIpc) is 2.56. The van der Waals surface area contributed by atoms with E-state index in [9.17, 15) is 0 Å². The van der Waals surface area contributed by atoms with Gasteiger partial charge in [0.1, 0.15) is 6.33 Å². The molecule has 0 saturated carbocycles. The minimum absolute atomic E-state index is 0.684. The van der Waals surface area contributed by atoms with E-state index < -0.39 is 0 Å². The Morgan fingerprint density at radius 3 is 2.65 bits per heavy atom. The highest BCUT2D eigenvalue weighted by atomic mass is 14.9. The first kappa shape index (κ1) is 12.2. The fourth-order valence-electron chi connectivity index (χ4n) is 1.90. The molecule has 0 aliphatic heterocycles. The summed E-state index contributed by atoms with van der Waals surface area (Å²) in [5.74, 6) is 0.684. The van der Waals surface area contributed by atoms with Gasteiger partial charge < -0.3 is 5.32 Å². The summed E-state index contributed by atoms with van der Waals surface area (Å²) in [4.78, 5) is 16.9. The molecule has 0 saturated heterocycles. The van der Waals surface area contributed by atoms with Crippen LogP contribution in [-0.4, -0.2) is 27.0 Å². The largest absolute Gasteiger partial charge is 0.388 e. The summed E-state index contributed by atoms with van der Waals surface area (Å²) < 4.78 is 0. The summed E-state index contributed by atoms with van der Waals surface area (Å²) in [5.41, 5.74) is 3.68. The summed E-state index contributed by atoms with van der Waals surface area (Å²) in [6.07, 6.45) is 6.73. The summed E-state index contributed by atoms with van der Waals surface area (Å²) in [7, 11) is 1.89. The third-order valence-corrected chi connectivity index (χ3v) is 2.92. The number of benzene rings is 1. The van der Waals surface area contributed by atoms with Gasteiger partial charge in [-0.25, -0.2) is 19.9 Å². The maximum absolute atomic E-state index is 4.57. The van der Waals surface area contributed by atoms with Crippen molar-refractivity contribution in [2.24, 2.45) is 0 Å². The maximum Gasteiger partial charge on any atom is 0.159 e. The minimum atomic E-state index is 0.684. The van der Waals surface area contributed by atoms with Crippen LogP contribution in [-0.2, 0) is 0 Å². The minimum Gasteiger partial charge on any atom is -0.388 e. The third kappa shape index (κ3) is 2.47. The Hall–Kier alpha value is -2.82. The summed E-state index contributed by atoms with van der Waals surface area (Å²) in [6, 6.07) is 9.83. The van der Waals surface area contributed by atoms with E-state index in [2.05, 4.69) is 25.3 Å². The van der Waals surface area contributed by atoms with Crippen molar-refractivity contribution in [3.05, 3.63) is 55.2 Å². The monoisotopic (exact) mass is 263 g/mol. The van der Waals surface area contributed by atoms with Crippen LogP contribution in [0.5, 0.6) is 0 Å². The number of nitrogens with one attached hydrogen (secondary N) is 1. The molecular formula is C15H13N5. The van der Waals surface area contributed by atoms with Crippen molar-refractivity contribution < 1.29 is 0 Å². The molecule has 1 N–H and O–H groups in total. The Morgan fingerprint density at radius 1 is 1.00 bits per heavy atom. The fraction of sp³-hybridized carbons (Fsp3) is 0.0667. The second-order valence-corrected chi connectivity index (χ2v) is 4.22. The molecule has 0 amide bonds. The first-order valence-electron chi connectivity index (χ1n) is 6.23. The molecule has 2 aromatic heterocycles. The van der Waals surface area contributed by atoms with Crippen LogP contribution in [0.2, 0.25) is 0 Å². The number of nitrogens with zero attached hydrogens (tertiary/aromatic N) is 4. The van der Waals surface area contributed by atoms with E-state index >= 15 is 0 Å². The van der Waals surface area contributed by atoms with Crippen molar-refractivity contribution in [1.82, 2.24) is 19.9 Å². The van der Waals surface area contributed by atoms with Crippen LogP contribution in [0.3, 0.4) is 0 Å². The number of hydrogen-bond donors (Lipinski definition) is 1. The summed E-state index contributed by atoms with van der Waals surface area (Å²) >= 11 is 0. The zero-order chi connectivity index (χ0) is 13.8. The topological polar surface area (TPSA) is 63.6 Å². The van der Waals surface area contributed by atoms with Crippen LogP contribution >= 0.6 is 0 Å². The zero-order valence-electron chi connectivity index (χ0n) is 11.0. The van der Waals surface area contributed by atoms with Crippen LogP contribution < -0.4 is 5.32 Å². The van der Waals surface area contributed by atoms with Crippen molar-refractivity contribution >= 4 is 5.69 Å². The molecule has 0 atom stereocenters. The molecule has 5 nitrogen and oxygen atoms in total. The van der Waals surface area contributed by atoms with E-state index in [4.69, 9.17) is 0 Å². The van der Waals surface area contributed by atoms with E-state index in [1.54, 1.807) is 18.6 Å². The SMILES string of the molecule is CNc1cccc(-c2nccc(-c3cncnc3)n2)c1. The van der Waals surface area contributed by atoms with Gasteiger partial charge in [-0.3, -0.25) is 0 Å². The second kappa shape index (κ2) is 5.44. The molecule has 1 aromatic carbocycles. The van der Waals surface area contributed by atoms with Gasteiger partial charge in [-0.05, 0) is 18.2 Å². The Labute approximate surface area is 116 Å². The molecule has 0 radical (unpaired) electrons. The highest BCUT2D eigenvalue weighted by molar-refractivity contribution is 5.65.